The van der Waals surface area contributed by atoms with Crippen molar-refractivity contribution in [2.75, 3.05) is 31.1 Å². The average molecular weight is 397 g/mol. The molecule has 3 unspecified atom stereocenters. The van der Waals surface area contributed by atoms with Crippen molar-refractivity contribution in [3.63, 3.8) is 0 Å². The summed E-state index contributed by atoms with van der Waals surface area (Å²) in [6.45, 7) is 5.24. The van der Waals surface area contributed by atoms with Gasteiger partial charge in [-0.25, -0.2) is 8.42 Å². The molecule has 2 saturated heterocycles. The molecule has 0 spiro atoms. The molecule has 0 bridgehead atoms. The number of hydrogen-bond donors (Lipinski definition) is 2. The maximum absolute atomic E-state index is 11.7. The van der Waals surface area contributed by atoms with E-state index in [1.165, 1.54) is 51.5 Å². The van der Waals surface area contributed by atoms with Crippen LogP contribution in [0.4, 0.5) is 0 Å². The summed E-state index contributed by atoms with van der Waals surface area (Å²) < 4.78 is 23.5. The molecule has 2 aliphatic carbocycles. The van der Waals surface area contributed by atoms with Crippen LogP contribution in [0.15, 0.2) is 4.99 Å². The first kappa shape index (κ1) is 19.5. The fourth-order valence-corrected chi connectivity index (χ4v) is 6.76. The Labute approximate surface area is 164 Å². The maximum atomic E-state index is 11.7. The van der Waals surface area contributed by atoms with Crippen LogP contribution in [0.1, 0.15) is 58.3 Å². The number of likely N-dealkylation sites (tertiary alicyclic amines) is 1. The largest absolute Gasteiger partial charge is 0.354 e. The van der Waals surface area contributed by atoms with Gasteiger partial charge in [0.1, 0.15) is 0 Å². The second-order valence-electron chi connectivity index (χ2n) is 9.35. The third-order valence-electron chi connectivity index (χ3n) is 6.81. The minimum absolute atomic E-state index is 0.184. The van der Waals surface area contributed by atoms with Gasteiger partial charge in [-0.2, -0.15) is 0 Å². The Bertz CT molecular complexity index is 640. The predicted molar refractivity (Wildman–Crippen MR) is 110 cm³/mol. The Kier molecular flexibility index (Phi) is 5.97. The summed E-state index contributed by atoms with van der Waals surface area (Å²) in [6.07, 6.45) is 9.83. The summed E-state index contributed by atoms with van der Waals surface area (Å²) in [7, 11) is -2.83. The molecule has 4 fully saturated rings. The van der Waals surface area contributed by atoms with Crippen molar-refractivity contribution in [2.24, 2.45) is 16.8 Å². The third kappa shape index (κ3) is 5.37. The molecule has 0 amide bonds. The molecule has 0 aromatic heterocycles. The van der Waals surface area contributed by atoms with Gasteiger partial charge in [0.2, 0.25) is 0 Å². The van der Waals surface area contributed by atoms with E-state index < -0.39 is 9.84 Å². The normalized spacial score (nSPS) is 35.4. The molecular formula is C20H36N4O2S. The molecule has 4 aliphatic rings. The van der Waals surface area contributed by atoms with Crippen molar-refractivity contribution in [1.29, 1.82) is 0 Å². The van der Waals surface area contributed by atoms with Gasteiger partial charge in [-0.1, -0.05) is 26.2 Å². The van der Waals surface area contributed by atoms with E-state index in [2.05, 4.69) is 22.5 Å². The van der Waals surface area contributed by atoms with Gasteiger partial charge < -0.3 is 10.6 Å². The molecule has 0 aromatic rings. The van der Waals surface area contributed by atoms with Crippen LogP contribution in [-0.4, -0.2) is 68.5 Å². The monoisotopic (exact) mass is 396 g/mol. The first-order valence-electron chi connectivity index (χ1n) is 11.0. The predicted octanol–water partition coefficient (Wildman–Crippen LogP) is 1.77. The molecule has 4 rings (SSSR count). The minimum atomic E-state index is -2.83. The molecule has 6 nitrogen and oxygen atoms in total. The van der Waals surface area contributed by atoms with E-state index in [1.807, 2.05) is 0 Å². The smallest absolute Gasteiger partial charge is 0.191 e. The summed E-state index contributed by atoms with van der Waals surface area (Å²) in [6, 6.07) is 1.76. The van der Waals surface area contributed by atoms with Crippen LogP contribution in [-0.2, 0) is 9.84 Å². The van der Waals surface area contributed by atoms with E-state index in [0.717, 1.165) is 25.0 Å². The zero-order valence-corrected chi connectivity index (χ0v) is 17.5. The summed E-state index contributed by atoms with van der Waals surface area (Å²) in [4.78, 5) is 7.49. The van der Waals surface area contributed by atoms with Crippen LogP contribution < -0.4 is 10.6 Å². The lowest BCUT2D eigenvalue weighted by molar-refractivity contribution is 0.315. The lowest BCUT2D eigenvalue weighted by Gasteiger charge is -2.27. The highest BCUT2D eigenvalue weighted by atomic mass is 32.2. The number of hydrogen-bond acceptors (Lipinski definition) is 4. The van der Waals surface area contributed by atoms with Gasteiger partial charge in [0.15, 0.2) is 15.8 Å². The van der Waals surface area contributed by atoms with Gasteiger partial charge in [0.05, 0.1) is 11.5 Å². The second kappa shape index (κ2) is 8.27. The summed E-state index contributed by atoms with van der Waals surface area (Å²) in [5.41, 5.74) is 0. The number of guanidine groups is 1. The first-order chi connectivity index (χ1) is 13.0. The van der Waals surface area contributed by atoms with Crippen LogP contribution in [0.2, 0.25) is 0 Å². The highest BCUT2D eigenvalue weighted by Gasteiger charge is 2.38. The topological polar surface area (TPSA) is 73.8 Å². The van der Waals surface area contributed by atoms with Gasteiger partial charge >= 0.3 is 0 Å². The van der Waals surface area contributed by atoms with Crippen molar-refractivity contribution < 1.29 is 8.42 Å². The average Bonchev–Trinajstić information content (AvgIpc) is 3.34. The molecular weight excluding hydrogens is 360 g/mol. The fourth-order valence-electron chi connectivity index (χ4n) is 4.92. The highest BCUT2D eigenvalue weighted by Crippen LogP contribution is 2.31. The van der Waals surface area contributed by atoms with Crippen molar-refractivity contribution in [3.05, 3.63) is 0 Å². The van der Waals surface area contributed by atoms with E-state index in [9.17, 15) is 8.42 Å². The summed E-state index contributed by atoms with van der Waals surface area (Å²) in [5, 5.41) is 7.40. The molecule has 2 heterocycles. The Morgan fingerprint density at radius 3 is 2.48 bits per heavy atom. The molecule has 0 aromatic carbocycles. The second-order valence-corrected chi connectivity index (χ2v) is 11.6. The lowest BCUT2D eigenvalue weighted by atomic mass is 9.95. The first-order valence-corrected chi connectivity index (χ1v) is 12.8. The minimum Gasteiger partial charge on any atom is -0.354 e. The number of nitrogens with one attached hydrogen (secondary N) is 2. The van der Waals surface area contributed by atoms with E-state index in [0.29, 0.717) is 36.1 Å². The molecule has 2 aliphatic heterocycles. The lowest BCUT2D eigenvalue weighted by Crippen LogP contribution is -2.50. The van der Waals surface area contributed by atoms with Crippen LogP contribution in [0.25, 0.3) is 0 Å². The maximum Gasteiger partial charge on any atom is 0.191 e. The van der Waals surface area contributed by atoms with Crippen molar-refractivity contribution in [3.8, 4) is 0 Å². The summed E-state index contributed by atoms with van der Waals surface area (Å²) >= 11 is 0. The van der Waals surface area contributed by atoms with Crippen LogP contribution in [0.5, 0.6) is 0 Å². The van der Waals surface area contributed by atoms with Crippen molar-refractivity contribution >= 4 is 15.8 Å². The van der Waals surface area contributed by atoms with Gasteiger partial charge in [-0.3, -0.25) is 9.89 Å². The van der Waals surface area contributed by atoms with Crippen LogP contribution in [0, 0.1) is 11.8 Å². The number of aliphatic imine (C=N–C) groups is 1. The van der Waals surface area contributed by atoms with Crippen molar-refractivity contribution in [1.82, 2.24) is 15.5 Å². The number of nitrogens with zero attached hydrogens (tertiary/aromatic N) is 2. The highest BCUT2D eigenvalue weighted by molar-refractivity contribution is 7.91. The number of rotatable bonds is 5. The Hall–Kier alpha value is -0.820. The Morgan fingerprint density at radius 2 is 1.81 bits per heavy atom. The molecule has 3 atom stereocenters. The van der Waals surface area contributed by atoms with E-state index in [4.69, 9.17) is 4.99 Å². The van der Waals surface area contributed by atoms with Gasteiger partial charge in [-0.05, 0) is 43.9 Å². The number of sulfone groups is 1. The van der Waals surface area contributed by atoms with Crippen LogP contribution in [0.3, 0.4) is 0 Å². The Morgan fingerprint density at radius 1 is 1.04 bits per heavy atom. The molecule has 2 saturated carbocycles. The van der Waals surface area contributed by atoms with Gasteiger partial charge in [-0.15, -0.1) is 0 Å². The Balaban J connectivity index is 1.38. The van der Waals surface area contributed by atoms with Crippen LogP contribution >= 0.6 is 0 Å². The molecule has 27 heavy (non-hydrogen) atoms. The quantitative estimate of drug-likeness (QED) is 0.547. The van der Waals surface area contributed by atoms with E-state index in [-0.39, 0.29) is 5.92 Å². The molecule has 0 radical (unpaired) electrons. The molecule has 7 heteroatoms. The van der Waals surface area contributed by atoms with Gasteiger partial charge in [0, 0.05) is 37.8 Å². The van der Waals surface area contributed by atoms with Gasteiger partial charge in [0.25, 0.3) is 0 Å². The fraction of sp³-hybridized carbons (Fsp3) is 0.950. The third-order valence-corrected chi connectivity index (χ3v) is 8.64. The zero-order valence-electron chi connectivity index (χ0n) is 16.7. The SMILES string of the molecule is CC1CN(C2CC2)CC1NC(=NCC1CCS(=O)(=O)C1)NC1CCCCC1. The van der Waals surface area contributed by atoms with Crippen molar-refractivity contribution in [2.45, 2.75) is 76.4 Å². The molecule has 2 N–H and O–H groups in total. The molecule has 154 valence electrons. The standard InChI is InChI=1S/C20H36N4O2S/c1-15-12-24(18-7-8-18)13-19(15)23-20(22-17-5-3-2-4-6-17)21-11-16-9-10-27(25,26)14-16/h15-19H,2-14H2,1H3,(H2,21,22,23). The summed E-state index contributed by atoms with van der Waals surface area (Å²) in [5.74, 6) is 2.37. The van der Waals surface area contributed by atoms with E-state index in [1.54, 1.807) is 0 Å². The zero-order chi connectivity index (χ0) is 18.9. The van der Waals surface area contributed by atoms with E-state index >= 15 is 0 Å².